The van der Waals surface area contributed by atoms with Crippen molar-refractivity contribution < 1.29 is 29.0 Å². The molecule has 2 atom stereocenters. The maximum Gasteiger partial charge on any atom is 0.310 e. The first-order valence-electron chi connectivity index (χ1n) is 10.6. The van der Waals surface area contributed by atoms with E-state index in [2.05, 4.69) is 15.7 Å². The number of nitrogens with one attached hydrogen (secondary N) is 2. The number of carbonyl (C=O) groups is 4. The molecule has 1 aromatic rings. The minimum Gasteiger partial charge on any atom is -0.481 e. The number of Topliss-reactive ketones (excluding diaryl/α,β-unsaturated/α-hetero) is 1. The van der Waals surface area contributed by atoms with E-state index in [4.69, 9.17) is 15.7 Å². The Morgan fingerprint density at radius 2 is 1.84 bits per heavy atom. The smallest absolute Gasteiger partial charge is 0.310 e. The number of amides is 1. The van der Waals surface area contributed by atoms with Crippen molar-refractivity contribution in [2.24, 2.45) is 16.9 Å². The summed E-state index contributed by atoms with van der Waals surface area (Å²) in [6.07, 6.45) is 2.26. The molecule has 1 amide bonds. The lowest BCUT2D eigenvalue weighted by molar-refractivity contribution is -0.150. The summed E-state index contributed by atoms with van der Waals surface area (Å²) in [5.74, 6) is 1.56. The summed E-state index contributed by atoms with van der Waals surface area (Å²) in [6.45, 7) is 3.89. The maximum absolute atomic E-state index is 12.4. The maximum atomic E-state index is 12.4. The molecule has 0 heterocycles. The Kier molecular flexibility index (Phi) is 12.1. The van der Waals surface area contributed by atoms with Crippen LogP contribution >= 0.6 is 0 Å². The van der Waals surface area contributed by atoms with Crippen molar-refractivity contribution in [2.75, 3.05) is 18.5 Å². The number of ether oxygens (including phenoxy) is 1. The van der Waals surface area contributed by atoms with E-state index in [-0.39, 0.29) is 38.8 Å². The predicted molar refractivity (Wildman–Crippen MR) is 120 cm³/mol. The molecule has 0 aliphatic rings. The minimum atomic E-state index is -0.968. The molecule has 0 bridgehead atoms. The Morgan fingerprint density at radius 3 is 2.41 bits per heavy atom. The monoisotopic (exact) mass is 448 g/mol. The van der Waals surface area contributed by atoms with Gasteiger partial charge in [0.15, 0.2) is 0 Å². The van der Waals surface area contributed by atoms with Crippen molar-refractivity contribution in [1.82, 2.24) is 5.32 Å². The molecule has 176 valence electrons. The topological polar surface area (TPSA) is 160 Å². The highest BCUT2D eigenvalue weighted by atomic mass is 16.5. The Labute approximate surface area is 187 Å². The van der Waals surface area contributed by atoms with Gasteiger partial charge in [0.2, 0.25) is 5.78 Å². The summed E-state index contributed by atoms with van der Waals surface area (Å²) < 4.78 is 5.07. The van der Waals surface area contributed by atoms with Gasteiger partial charge in [-0.2, -0.15) is 5.10 Å². The second-order valence-electron chi connectivity index (χ2n) is 7.13. The van der Waals surface area contributed by atoms with E-state index in [1.807, 2.05) is 0 Å². The highest BCUT2D eigenvalue weighted by Crippen LogP contribution is 2.17. The van der Waals surface area contributed by atoms with Crippen LogP contribution in [0.25, 0.3) is 0 Å². The first-order valence-corrected chi connectivity index (χ1v) is 10.6. The number of rotatable bonds is 15. The molecule has 1 rings (SSSR count). The molecule has 0 aliphatic heterocycles. The third kappa shape index (κ3) is 9.59. The van der Waals surface area contributed by atoms with Gasteiger partial charge < -0.3 is 26.3 Å². The summed E-state index contributed by atoms with van der Waals surface area (Å²) in [7, 11) is 0. The molecule has 0 saturated heterocycles. The second-order valence-corrected chi connectivity index (χ2v) is 7.13. The van der Waals surface area contributed by atoms with Crippen LogP contribution in [0.1, 0.15) is 51.5 Å². The number of benzene rings is 1. The van der Waals surface area contributed by atoms with Gasteiger partial charge in [0.25, 0.3) is 5.91 Å². The number of carboxylic acids is 1. The average Bonchev–Trinajstić information content (AvgIpc) is 2.75. The molecule has 5 N–H and O–H groups in total. The van der Waals surface area contributed by atoms with Crippen LogP contribution in [0.3, 0.4) is 0 Å². The van der Waals surface area contributed by atoms with Crippen molar-refractivity contribution in [1.29, 1.82) is 0 Å². The summed E-state index contributed by atoms with van der Waals surface area (Å²) in [5.41, 5.74) is 1.60. The summed E-state index contributed by atoms with van der Waals surface area (Å²) in [6, 6.07) is 6.51. The minimum absolute atomic E-state index is 0.0457. The second kappa shape index (κ2) is 14.6. The number of hydrogen-bond acceptors (Lipinski definition) is 8. The fourth-order valence-electron chi connectivity index (χ4n) is 3.17. The van der Waals surface area contributed by atoms with Crippen LogP contribution in [0.2, 0.25) is 0 Å². The molecule has 10 nitrogen and oxygen atoms in total. The van der Waals surface area contributed by atoms with E-state index in [0.717, 1.165) is 11.3 Å². The predicted octanol–water partition coefficient (Wildman–Crippen LogP) is 1.68. The molecule has 0 fully saturated rings. The van der Waals surface area contributed by atoms with Crippen LogP contribution in [0.15, 0.2) is 29.4 Å². The first-order chi connectivity index (χ1) is 15.3. The summed E-state index contributed by atoms with van der Waals surface area (Å²) in [4.78, 5) is 47.8. The van der Waals surface area contributed by atoms with Gasteiger partial charge in [-0.3, -0.25) is 19.2 Å². The highest BCUT2D eigenvalue weighted by Gasteiger charge is 2.30. The number of anilines is 1. The Morgan fingerprint density at radius 1 is 1.16 bits per heavy atom. The number of carboxylic acid groups (broad SMARTS) is 1. The third-order valence-electron chi connectivity index (χ3n) is 4.81. The highest BCUT2D eigenvalue weighted by molar-refractivity contribution is 6.36. The number of esters is 1. The largest absolute Gasteiger partial charge is 0.481 e. The third-order valence-corrected chi connectivity index (χ3v) is 4.81. The molecule has 0 radical (unpaired) electrons. The normalized spacial score (nSPS) is 12.7. The number of hydrazone groups is 1. The van der Waals surface area contributed by atoms with Crippen LogP contribution < -0.4 is 16.5 Å². The van der Waals surface area contributed by atoms with E-state index >= 15 is 0 Å². The molecule has 32 heavy (non-hydrogen) atoms. The fraction of sp³-hybridized carbons (Fsp3) is 0.500. The van der Waals surface area contributed by atoms with Gasteiger partial charge in [-0.1, -0.05) is 19.1 Å². The van der Waals surface area contributed by atoms with E-state index in [0.29, 0.717) is 6.42 Å². The zero-order valence-electron chi connectivity index (χ0n) is 18.5. The fourth-order valence-corrected chi connectivity index (χ4v) is 3.17. The lowest BCUT2D eigenvalue weighted by Gasteiger charge is -2.25. The Bertz CT molecular complexity index is 794. The average molecular weight is 449 g/mol. The number of nitrogens with two attached hydrogens (primary N) is 1. The number of carbonyl (C=O) groups excluding carboxylic acids is 3. The number of ketones is 1. The Hall–Kier alpha value is -3.43. The molecular formula is C22H32N4O6. The zero-order chi connectivity index (χ0) is 23.9. The molecule has 10 heteroatoms. The molecule has 2 unspecified atom stereocenters. The summed E-state index contributed by atoms with van der Waals surface area (Å²) >= 11 is 0. The van der Waals surface area contributed by atoms with Gasteiger partial charge in [0, 0.05) is 31.1 Å². The standard InChI is InChI=1S/C22H32N4O6/c1-3-17(22(31)32-4-2)18(6-5-7-20(28)29)26-21(30)19(27)12-13-24-16-10-8-15(9-11-16)14-25-23/h8-11,14,17-18,24H,3-7,12-13,23H2,1-2H3,(H,26,30)(H,28,29). The molecule has 0 aromatic heterocycles. The van der Waals surface area contributed by atoms with Gasteiger partial charge in [-0.15, -0.1) is 0 Å². The molecule has 1 aromatic carbocycles. The lowest BCUT2D eigenvalue weighted by Crippen LogP contribution is -2.46. The molecule has 0 spiro atoms. The van der Waals surface area contributed by atoms with Gasteiger partial charge >= 0.3 is 11.9 Å². The van der Waals surface area contributed by atoms with E-state index in [1.54, 1.807) is 38.1 Å². The Balaban J connectivity index is 2.66. The first kappa shape index (κ1) is 26.6. The van der Waals surface area contributed by atoms with Crippen LogP contribution in [0.4, 0.5) is 5.69 Å². The molecular weight excluding hydrogens is 416 g/mol. The number of hydrogen-bond donors (Lipinski definition) is 4. The van der Waals surface area contributed by atoms with E-state index < -0.39 is 35.6 Å². The molecule has 0 saturated carbocycles. The van der Waals surface area contributed by atoms with Crippen molar-refractivity contribution >= 4 is 35.5 Å². The molecule has 0 aliphatic carbocycles. The van der Waals surface area contributed by atoms with Crippen molar-refractivity contribution in [3.05, 3.63) is 29.8 Å². The van der Waals surface area contributed by atoms with Gasteiger partial charge in [0.05, 0.1) is 18.7 Å². The van der Waals surface area contributed by atoms with Crippen LogP contribution in [0, 0.1) is 5.92 Å². The van der Waals surface area contributed by atoms with E-state index in [9.17, 15) is 19.2 Å². The van der Waals surface area contributed by atoms with E-state index in [1.165, 1.54) is 6.21 Å². The van der Waals surface area contributed by atoms with Crippen LogP contribution in [0.5, 0.6) is 0 Å². The van der Waals surface area contributed by atoms with Crippen LogP contribution in [-0.4, -0.2) is 54.1 Å². The SMILES string of the molecule is CCOC(=O)C(CC)C(CCCC(=O)O)NC(=O)C(=O)CCNc1ccc(C=NN)cc1. The van der Waals surface area contributed by atoms with Gasteiger partial charge in [-0.25, -0.2) is 0 Å². The van der Waals surface area contributed by atoms with Crippen molar-refractivity contribution in [3.8, 4) is 0 Å². The number of nitrogens with zero attached hydrogens (tertiary/aromatic N) is 1. The zero-order valence-corrected chi connectivity index (χ0v) is 18.5. The van der Waals surface area contributed by atoms with Crippen molar-refractivity contribution in [3.63, 3.8) is 0 Å². The quantitative estimate of drug-likeness (QED) is 0.104. The van der Waals surface area contributed by atoms with Crippen LogP contribution in [-0.2, 0) is 23.9 Å². The lowest BCUT2D eigenvalue weighted by atomic mass is 9.92. The summed E-state index contributed by atoms with van der Waals surface area (Å²) in [5, 5.41) is 18.0. The van der Waals surface area contributed by atoms with Crippen molar-refractivity contribution in [2.45, 2.75) is 52.0 Å². The number of aliphatic carboxylic acids is 1. The van der Waals surface area contributed by atoms with Gasteiger partial charge in [0.1, 0.15) is 0 Å². The van der Waals surface area contributed by atoms with Gasteiger partial charge in [-0.05, 0) is 43.9 Å².